The molecular formula is C16H25N5O3S3. The van der Waals surface area contributed by atoms with Gasteiger partial charge in [0.15, 0.2) is 5.11 Å². The van der Waals surface area contributed by atoms with E-state index in [2.05, 4.69) is 10.3 Å². The largest absolute Gasteiger partial charge is 0.348 e. The third kappa shape index (κ3) is 7.37. The highest BCUT2D eigenvalue weighted by Gasteiger charge is 2.23. The summed E-state index contributed by atoms with van der Waals surface area (Å²) in [7, 11) is -1.04. The van der Waals surface area contributed by atoms with Gasteiger partial charge in [-0.15, -0.1) is 4.83 Å². The maximum absolute atomic E-state index is 12.3. The molecule has 0 bridgehead atoms. The topological polar surface area (TPSA) is 85.0 Å². The molecular weight excluding hydrogens is 406 g/mol. The van der Waals surface area contributed by atoms with Crippen LogP contribution in [0, 0.1) is 0 Å². The monoisotopic (exact) mass is 431 g/mol. The minimum absolute atomic E-state index is 0.292. The van der Waals surface area contributed by atoms with Gasteiger partial charge in [-0.1, -0.05) is 42.5 Å². The summed E-state index contributed by atoms with van der Waals surface area (Å²) >= 11 is 10.5. The second kappa shape index (κ2) is 10.5. The van der Waals surface area contributed by atoms with Gasteiger partial charge >= 0.3 is 0 Å². The Labute approximate surface area is 171 Å². The van der Waals surface area contributed by atoms with Gasteiger partial charge in [0.05, 0.1) is 0 Å². The van der Waals surface area contributed by atoms with Crippen LogP contribution >= 0.6 is 24.4 Å². The van der Waals surface area contributed by atoms with Crippen LogP contribution in [-0.4, -0.2) is 72.3 Å². The van der Waals surface area contributed by atoms with Crippen molar-refractivity contribution in [2.45, 2.75) is 13.8 Å². The second-order valence-corrected chi connectivity index (χ2v) is 8.10. The molecule has 11 heteroatoms. The van der Waals surface area contributed by atoms with Gasteiger partial charge in [-0.25, -0.2) is 8.42 Å². The molecule has 0 aliphatic rings. The molecule has 150 valence electrons. The summed E-state index contributed by atoms with van der Waals surface area (Å²) in [6.07, 6.45) is 0. The van der Waals surface area contributed by atoms with E-state index < -0.39 is 21.7 Å². The summed E-state index contributed by atoms with van der Waals surface area (Å²) < 4.78 is 24.6. The summed E-state index contributed by atoms with van der Waals surface area (Å²) in [6.45, 7) is 5.20. The number of rotatable bonds is 7. The molecule has 0 spiro atoms. The number of carbonyl (C=O) groups is 1. The van der Waals surface area contributed by atoms with Crippen LogP contribution < -0.4 is 10.3 Å². The van der Waals surface area contributed by atoms with Crippen LogP contribution in [0.25, 0.3) is 0 Å². The third-order valence-corrected chi connectivity index (χ3v) is 5.64. The Morgan fingerprint density at radius 3 is 2.11 bits per heavy atom. The maximum atomic E-state index is 12.3. The number of hydrogen-bond acceptors (Lipinski definition) is 5. The van der Waals surface area contributed by atoms with E-state index in [1.165, 1.54) is 19.1 Å². The first kappa shape index (κ1) is 23.2. The Balaban J connectivity index is 2.66. The normalized spacial score (nSPS) is 10.8. The minimum Gasteiger partial charge on any atom is -0.348 e. The molecule has 0 heterocycles. The molecule has 0 atom stereocenters. The van der Waals surface area contributed by atoms with Crippen LogP contribution in [0.15, 0.2) is 30.3 Å². The zero-order chi connectivity index (χ0) is 20.6. The van der Waals surface area contributed by atoms with E-state index in [4.69, 9.17) is 24.4 Å². The van der Waals surface area contributed by atoms with Gasteiger partial charge in [0.1, 0.15) is 10.7 Å². The average molecular weight is 432 g/mol. The van der Waals surface area contributed by atoms with Crippen LogP contribution in [-0.2, 0) is 14.8 Å². The predicted molar refractivity (Wildman–Crippen MR) is 114 cm³/mol. The first-order chi connectivity index (χ1) is 12.6. The number of amides is 1. The van der Waals surface area contributed by atoms with Gasteiger partial charge in [0, 0.05) is 32.7 Å². The molecule has 0 radical (unpaired) electrons. The minimum atomic E-state index is -3.94. The lowest BCUT2D eigenvalue weighted by molar-refractivity contribution is -0.128. The molecule has 0 saturated heterocycles. The average Bonchev–Trinajstić information content (AvgIpc) is 2.61. The zero-order valence-corrected chi connectivity index (χ0v) is 18.2. The predicted octanol–water partition coefficient (Wildman–Crippen LogP) is 0.718. The van der Waals surface area contributed by atoms with Crippen molar-refractivity contribution in [1.82, 2.24) is 25.2 Å². The summed E-state index contributed by atoms with van der Waals surface area (Å²) in [5, 5.41) is 2.61. The van der Waals surface area contributed by atoms with Crippen molar-refractivity contribution in [3.05, 3.63) is 35.9 Å². The molecule has 1 amide bonds. The van der Waals surface area contributed by atoms with Crippen LogP contribution in [0.2, 0.25) is 0 Å². The highest BCUT2D eigenvalue weighted by molar-refractivity contribution is 7.90. The number of thiocarbonyl (C=S) groups is 2. The van der Waals surface area contributed by atoms with Crippen LogP contribution in [0.4, 0.5) is 0 Å². The first-order valence-electron chi connectivity index (χ1n) is 8.26. The Kier molecular flexibility index (Phi) is 9.03. The standard InChI is InChI=1S/C16H25N5O3S3/c1-5-21(6-2)16(26)17-19(3)14(22)12-27(23,24)18-20(4)15(25)13-10-8-7-9-11-13/h7-11,18H,5-6,12H2,1-4H3,(H,17,26). The van der Waals surface area contributed by atoms with Gasteiger partial charge in [0.25, 0.3) is 5.91 Å². The molecule has 8 nitrogen and oxygen atoms in total. The molecule has 0 fully saturated rings. The van der Waals surface area contributed by atoms with E-state index in [1.807, 2.05) is 24.8 Å². The molecule has 0 aliphatic carbocycles. The number of hydrogen-bond donors (Lipinski definition) is 2. The van der Waals surface area contributed by atoms with Crippen molar-refractivity contribution >= 4 is 50.5 Å². The molecule has 1 rings (SSSR count). The zero-order valence-electron chi connectivity index (χ0n) is 15.8. The quantitative estimate of drug-likeness (QED) is 0.483. The number of nitrogens with one attached hydrogen (secondary N) is 2. The van der Waals surface area contributed by atoms with Gasteiger partial charge < -0.3 is 4.90 Å². The molecule has 0 saturated carbocycles. The van der Waals surface area contributed by atoms with Crippen molar-refractivity contribution in [3.63, 3.8) is 0 Å². The number of carbonyl (C=O) groups excluding carboxylic acids is 1. The van der Waals surface area contributed by atoms with Crippen LogP contribution in [0.3, 0.4) is 0 Å². The van der Waals surface area contributed by atoms with Crippen molar-refractivity contribution < 1.29 is 13.2 Å². The highest BCUT2D eigenvalue weighted by Crippen LogP contribution is 2.04. The third-order valence-electron chi connectivity index (χ3n) is 3.60. The van der Waals surface area contributed by atoms with E-state index in [0.29, 0.717) is 28.8 Å². The van der Waals surface area contributed by atoms with Crippen molar-refractivity contribution in [1.29, 1.82) is 0 Å². The van der Waals surface area contributed by atoms with Crippen molar-refractivity contribution in [3.8, 4) is 0 Å². The smallest absolute Gasteiger partial charge is 0.257 e. The molecule has 0 aliphatic heterocycles. The summed E-state index contributed by atoms with van der Waals surface area (Å²) in [6, 6.07) is 8.97. The lowest BCUT2D eigenvalue weighted by atomic mass is 10.2. The maximum Gasteiger partial charge on any atom is 0.257 e. The van der Waals surface area contributed by atoms with E-state index in [1.54, 1.807) is 24.3 Å². The highest BCUT2D eigenvalue weighted by atomic mass is 32.2. The van der Waals surface area contributed by atoms with E-state index in [-0.39, 0.29) is 0 Å². The molecule has 27 heavy (non-hydrogen) atoms. The van der Waals surface area contributed by atoms with Gasteiger partial charge in [-0.3, -0.25) is 20.2 Å². The molecule has 1 aromatic carbocycles. The second-order valence-electron chi connectivity index (χ2n) is 5.62. The van der Waals surface area contributed by atoms with Gasteiger partial charge in [-0.2, -0.15) is 0 Å². The number of nitrogens with zero attached hydrogens (tertiary/aromatic N) is 3. The Bertz CT molecular complexity index is 767. The first-order valence-corrected chi connectivity index (χ1v) is 10.7. The van der Waals surface area contributed by atoms with E-state index in [0.717, 1.165) is 5.01 Å². The lowest BCUT2D eigenvalue weighted by Gasteiger charge is -2.27. The molecule has 0 unspecified atom stereocenters. The summed E-state index contributed by atoms with van der Waals surface area (Å²) in [4.78, 5) is 16.6. The van der Waals surface area contributed by atoms with Gasteiger partial charge in [-0.05, 0) is 26.1 Å². The molecule has 2 N–H and O–H groups in total. The van der Waals surface area contributed by atoms with E-state index in [9.17, 15) is 13.2 Å². The molecule has 0 aromatic heterocycles. The summed E-state index contributed by atoms with van der Waals surface area (Å²) in [5.41, 5.74) is 3.40. The van der Waals surface area contributed by atoms with Gasteiger partial charge in [0.2, 0.25) is 10.0 Å². The Morgan fingerprint density at radius 1 is 1.04 bits per heavy atom. The van der Waals surface area contributed by atoms with E-state index >= 15 is 0 Å². The number of hydrazine groups is 2. The summed E-state index contributed by atoms with van der Waals surface area (Å²) in [5.74, 6) is -1.41. The van der Waals surface area contributed by atoms with Crippen molar-refractivity contribution in [2.24, 2.45) is 0 Å². The fourth-order valence-electron chi connectivity index (χ4n) is 2.10. The number of sulfonamides is 1. The SMILES string of the molecule is CCN(CC)C(=S)NN(C)C(=O)CS(=O)(=O)NN(C)C(=S)c1ccccc1. The lowest BCUT2D eigenvalue weighted by Crippen LogP contribution is -2.52. The molecule has 1 aromatic rings. The Morgan fingerprint density at radius 2 is 1.59 bits per heavy atom. The fraction of sp³-hybridized carbons (Fsp3) is 0.438. The fourth-order valence-corrected chi connectivity index (χ4v) is 3.83. The van der Waals surface area contributed by atoms with Crippen LogP contribution in [0.1, 0.15) is 19.4 Å². The number of benzene rings is 1. The Hall–Kier alpha value is -1.82. The van der Waals surface area contributed by atoms with Crippen molar-refractivity contribution in [2.75, 3.05) is 32.9 Å². The van der Waals surface area contributed by atoms with Crippen LogP contribution in [0.5, 0.6) is 0 Å².